The average molecular weight is 230 g/mol. The quantitative estimate of drug-likeness (QED) is 0.678. The van der Waals surface area contributed by atoms with Crippen molar-refractivity contribution in [3.63, 3.8) is 0 Å². The lowest BCUT2D eigenvalue weighted by molar-refractivity contribution is -0.125. The Labute approximate surface area is 95.1 Å². The van der Waals surface area contributed by atoms with Crippen LogP contribution in [-0.4, -0.2) is 21.3 Å². The number of hydrogen-bond donors (Lipinski definition) is 0. The third kappa shape index (κ3) is 3.35. The molecule has 0 amide bonds. The Hall–Kier alpha value is -0.480. The Kier molecular flexibility index (Phi) is 5.23. The SMILES string of the molecule is CC(=O)C(C(C)=S)C(C(C)=O)C(C)=S. The van der Waals surface area contributed by atoms with E-state index in [4.69, 9.17) is 24.4 Å². The van der Waals surface area contributed by atoms with Gasteiger partial charge in [0.25, 0.3) is 0 Å². The Bertz CT molecular complexity index is 236. The van der Waals surface area contributed by atoms with Crippen LogP contribution >= 0.6 is 24.4 Å². The molecule has 0 bridgehead atoms. The van der Waals surface area contributed by atoms with Crippen LogP contribution in [0, 0.1) is 11.8 Å². The van der Waals surface area contributed by atoms with Crippen molar-refractivity contribution in [2.24, 2.45) is 11.8 Å². The molecule has 0 aliphatic carbocycles. The van der Waals surface area contributed by atoms with Crippen LogP contribution in [0.25, 0.3) is 0 Å². The van der Waals surface area contributed by atoms with Gasteiger partial charge in [-0.1, -0.05) is 24.4 Å². The molecule has 0 fully saturated rings. The Morgan fingerprint density at radius 3 is 1.07 bits per heavy atom. The summed E-state index contributed by atoms with van der Waals surface area (Å²) >= 11 is 9.95. The highest BCUT2D eigenvalue weighted by Gasteiger charge is 2.31. The van der Waals surface area contributed by atoms with Crippen molar-refractivity contribution in [2.75, 3.05) is 0 Å². The van der Waals surface area contributed by atoms with E-state index in [1.807, 2.05) is 0 Å². The van der Waals surface area contributed by atoms with E-state index in [2.05, 4.69) is 0 Å². The molecule has 0 aliphatic rings. The first-order valence-electron chi connectivity index (χ1n) is 4.30. The van der Waals surface area contributed by atoms with Crippen molar-refractivity contribution < 1.29 is 9.59 Å². The van der Waals surface area contributed by atoms with Crippen LogP contribution < -0.4 is 0 Å². The standard InChI is InChI=1S/C10H14O2S2/c1-5(11)9(7(3)13)10(6(2)12)8(4)14/h9-10H,1-4H3. The first-order valence-corrected chi connectivity index (χ1v) is 5.12. The molecule has 0 aromatic carbocycles. The van der Waals surface area contributed by atoms with Gasteiger partial charge in [0.05, 0.1) is 11.8 Å². The van der Waals surface area contributed by atoms with Crippen molar-refractivity contribution >= 4 is 45.7 Å². The molecule has 14 heavy (non-hydrogen) atoms. The fourth-order valence-corrected chi connectivity index (χ4v) is 2.12. The Balaban J connectivity index is 5.13. The van der Waals surface area contributed by atoms with Crippen LogP contribution in [0.5, 0.6) is 0 Å². The second-order valence-electron chi connectivity index (χ2n) is 3.40. The zero-order valence-electron chi connectivity index (χ0n) is 8.79. The largest absolute Gasteiger partial charge is 0.299 e. The molecule has 0 radical (unpaired) electrons. The predicted molar refractivity (Wildman–Crippen MR) is 64.9 cm³/mol. The van der Waals surface area contributed by atoms with Gasteiger partial charge < -0.3 is 0 Å². The van der Waals surface area contributed by atoms with Crippen molar-refractivity contribution in [1.82, 2.24) is 0 Å². The van der Waals surface area contributed by atoms with E-state index in [1.165, 1.54) is 13.8 Å². The molecular weight excluding hydrogens is 216 g/mol. The Morgan fingerprint density at radius 2 is 1.00 bits per heavy atom. The molecule has 78 valence electrons. The average Bonchev–Trinajstić information content (AvgIpc) is 1.96. The summed E-state index contributed by atoms with van der Waals surface area (Å²) in [6, 6.07) is 0. The minimum absolute atomic E-state index is 0.0955. The summed E-state index contributed by atoms with van der Waals surface area (Å²) in [6.07, 6.45) is 0. The molecule has 0 spiro atoms. The van der Waals surface area contributed by atoms with E-state index < -0.39 is 11.8 Å². The number of carbonyl (C=O) groups is 2. The second kappa shape index (κ2) is 5.41. The number of thiocarbonyl (C=S) groups is 2. The highest BCUT2D eigenvalue weighted by atomic mass is 32.1. The molecule has 0 N–H and O–H groups in total. The summed E-state index contributed by atoms with van der Waals surface area (Å²) in [5, 5.41) is 0. The topological polar surface area (TPSA) is 34.1 Å². The number of rotatable bonds is 5. The second-order valence-corrected chi connectivity index (χ2v) is 4.69. The normalized spacial score (nSPS) is 14.3. The minimum Gasteiger partial charge on any atom is -0.299 e. The van der Waals surface area contributed by atoms with Gasteiger partial charge in [-0.15, -0.1) is 0 Å². The summed E-state index contributed by atoms with van der Waals surface area (Å²) in [4.78, 5) is 23.7. The first kappa shape index (κ1) is 13.5. The number of carbonyl (C=O) groups excluding carboxylic acids is 2. The zero-order chi connectivity index (χ0) is 11.5. The van der Waals surface area contributed by atoms with Crippen LogP contribution in [0.2, 0.25) is 0 Å². The molecule has 0 heterocycles. The van der Waals surface area contributed by atoms with Crippen molar-refractivity contribution in [3.05, 3.63) is 0 Å². The maximum absolute atomic E-state index is 11.3. The summed E-state index contributed by atoms with van der Waals surface area (Å²) in [6.45, 7) is 6.23. The van der Waals surface area contributed by atoms with E-state index >= 15 is 0 Å². The molecule has 2 atom stereocenters. The predicted octanol–water partition coefficient (Wildman–Crippen LogP) is 2.18. The molecule has 0 aromatic rings. The van der Waals surface area contributed by atoms with Crippen LogP contribution in [0.15, 0.2) is 0 Å². The molecule has 0 saturated carbocycles. The van der Waals surface area contributed by atoms with E-state index in [0.717, 1.165) is 0 Å². The van der Waals surface area contributed by atoms with Gasteiger partial charge in [-0.25, -0.2) is 0 Å². The molecule has 0 aliphatic heterocycles. The fraction of sp³-hybridized carbons (Fsp3) is 0.600. The molecule has 4 heteroatoms. The van der Waals surface area contributed by atoms with E-state index in [9.17, 15) is 9.59 Å². The summed E-state index contributed by atoms with van der Waals surface area (Å²) in [5.74, 6) is -1.25. The third-order valence-electron chi connectivity index (χ3n) is 2.09. The van der Waals surface area contributed by atoms with Gasteiger partial charge in [0.1, 0.15) is 11.6 Å². The maximum Gasteiger partial charge on any atom is 0.138 e. The van der Waals surface area contributed by atoms with E-state index in [0.29, 0.717) is 9.73 Å². The highest BCUT2D eigenvalue weighted by Crippen LogP contribution is 2.19. The zero-order valence-corrected chi connectivity index (χ0v) is 10.4. The van der Waals surface area contributed by atoms with E-state index in [-0.39, 0.29) is 11.6 Å². The van der Waals surface area contributed by atoms with Crippen molar-refractivity contribution in [1.29, 1.82) is 0 Å². The number of hydrogen-bond acceptors (Lipinski definition) is 4. The van der Waals surface area contributed by atoms with Crippen LogP contribution in [0.3, 0.4) is 0 Å². The molecule has 0 aromatic heterocycles. The molecular formula is C10H14O2S2. The summed E-state index contributed by atoms with van der Waals surface area (Å²) in [5.41, 5.74) is 0. The minimum atomic E-state index is -0.528. The highest BCUT2D eigenvalue weighted by molar-refractivity contribution is 7.81. The van der Waals surface area contributed by atoms with Gasteiger partial charge in [-0.2, -0.15) is 0 Å². The van der Waals surface area contributed by atoms with Gasteiger partial charge in [0.15, 0.2) is 0 Å². The first-order chi connectivity index (χ1) is 6.29. The summed E-state index contributed by atoms with van der Waals surface area (Å²) < 4.78 is 0. The summed E-state index contributed by atoms with van der Waals surface area (Å²) in [7, 11) is 0. The third-order valence-corrected chi connectivity index (χ3v) is 2.59. The molecule has 0 rings (SSSR count). The maximum atomic E-state index is 11.3. The van der Waals surface area contributed by atoms with Crippen molar-refractivity contribution in [3.8, 4) is 0 Å². The number of Topliss-reactive ketones (excluding diaryl/α,β-unsaturated/α-hetero) is 2. The van der Waals surface area contributed by atoms with Crippen molar-refractivity contribution in [2.45, 2.75) is 27.7 Å². The van der Waals surface area contributed by atoms with Gasteiger partial charge in [0.2, 0.25) is 0 Å². The van der Waals surface area contributed by atoms with Crippen LogP contribution in [0.1, 0.15) is 27.7 Å². The molecule has 2 nitrogen and oxygen atoms in total. The van der Waals surface area contributed by atoms with Gasteiger partial charge in [-0.3, -0.25) is 9.59 Å². The smallest absolute Gasteiger partial charge is 0.138 e. The lowest BCUT2D eigenvalue weighted by Crippen LogP contribution is -2.35. The Morgan fingerprint density at radius 1 is 0.786 bits per heavy atom. The van der Waals surface area contributed by atoms with Gasteiger partial charge >= 0.3 is 0 Å². The lowest BCUT2D eigenvalue weighted by atomic mass is 9.82. The van der Waals surface area contributed by atoms with E-state index in [1.54, 1.807) is 13.8 Å². The van der Waals surface area contributed by atoms with Crippen LogP contribution in [0.4, 0.5) is 0 Å². The van der Waals surface area contributed by atoms with Gasteiger partial charge in [-0.05, 0) is 27.7 Å². The monoisotopic (exact) mass is 230 g/mol. The lowest BCUT2D eigenvalue weighted by Gasteiger charge is -2.21. The molecule has 0 saturated heterocycles. The number of ketones is 2. The fourth-order valence-electron chi connectivity index (χ4n) is 1.51. The van der Waals surface area contributed by atoms with Gasteiger partial charge in [0, 0.05) is 9.73 Å². The van der Waals surface area contributed by atoms with Crippen LogP contribution in [-0.2, 0) is 9.59 Å². The molecule has 2 unspecified atom stereocenters.